The average molecular weight is 236 g/mol. The van der Waals surface area contributed by atoms with Crippen LogP contribution < -0.4 is 0 Å². The standard InChI is InChI=1S/C12H20N4O/c17-9-10-4-6-15(7-10)8-12-14-13-11-3-1-2-5-16(11)12/h10,17H,1-9H2. The maximum Gasteiger partial charge on any atom is 0.147 e. The zero-order chi connectivity index (χ0) is 11.7. The van der Waals surface area contributed by atoms with Crippen molar-refractivity contribution in [2.75, 3.05) is 19.7 Å². The van der Waals surface area contributed by atoms with Crippen molar-refractivity contribution < 1.29 is 5.11 Å². The Morgan fingerprint density at radius 2 is 2.18 bits per heavy atom. The summed E-state index contributed by atoms with van der Waals surface area (Å²) in [5, 5.41) is 17.7. The minimum atomic E-state index is 0.314. The van der Waals surface area contributed by atoms with Crippen LogP contribution in [0.3, 0.4) is 0 Å². The number of nitrogens with zero attached hydrogens (tertiary/aromatic N) is 4. The molecule has 0 amide bonds. The van der Waals surface area contributed by atoms with Gasteiger partial charge in [0.25, 0.3) is 0 Å². The number of aromatic nitrogens is 3. The van der Waals surface area contributed by atoms with Crippen LogP contribution >= 0.6 is 0 Å². The van der Waals surface area contributed by atoms with Gasteiger partial charge in [-0.25, -0.2) is 0 Å². The van der Waals surface area contributed by atoms with Gasteiger partial charge in [0.05, 0.1) is 6.54 Å². The maximum absolute atomic E-state index is 9.14. The summed E-state index contributed by atoms with van der Waals surface area (Å²) in [7, 11) is 0. The molecule has 0 radical (unpaired) electrons. The van der Waals surface area contributed by atoms with E-state index in [1.165, 1.54) is 12.8 Å². The summed E-state index contributed by atoms with van der Waals surface area (Å²) in [5.74, 6) is 2.72. The lowest BCUT2D eigenvalue weighted by Gasteiger charge is -2.18. The molecule has 3 heterocycles. The van der Waals surface area contributed by atoms with E-state index in [1.807, 2.05) is 0 Å². The molecule has 17 heavy (non-hydrogen) atoms. The molecule has 0 aliphatic carbocycles. The van der Waals surface area contributed by atoms with Crippen LogP contribution in [0.1, 0.15) is 30.9 Å². The fraction of sp³-hybridized carbons (Fsp3) is 0.833. The number of likely N-dealkylation sites (tertiary alicyclic amines) is 1. The summed E-state index contributed by atoms with van der Waals surface area (Å²) < 4.78 is 2.29. The minimum absolute atomic E-state index is 0.314. The Balaban J connectivity index is 1.67. The van der Waals surface area contributed by atoms with Gasteiger partial charge in [-0.2, -0.15) is 0 Å². The van der Waals surface area contributed by atoms with Crippen LogP contribution in [0.5, 0.6) is 0 Å². The van der Waals surface area contributed by atoms with Crippen LogP contribution in [0.25, 0.3) is 0 Å². The van der Waals surface area contributed by atoms with E-state index < -0.39 is 0 Å². The van der Waals surface area contributed by atoms with Crippen molar-refractivity contribution in [2.45, 2.75) is 38.8 Å². The van der Waals surface area contributed by atoms with Gasteiger partial charge in [0.1, 0.15) is 11.6 Å². The first-order valence-electron chi connectivity index (χ1n) is 6.61. The van der Waals surface area contributed by atoms with E-state index in [-0.39, 0.29) is 0 Å². The first-order chi connectivity index (χ1) is 8.36. The van der Waals surface area contributed by atoms with Crippen LogP contribution in [-0.2, 0) is 19.5 Å². The number of fused-ring (bicyclic) bond motifs is 1. The smallest absolute Gasteiger partial charge is 0.147 e. The van der Waals surface area contributed by atoms with Crippen molar-refractivity contribution in [1.29, 1.82) is 0 Å². The molecule has 94 valence electrons. The molecule has 5 nitrogen and oxygen atoms in total. The van der Waals surface area contributed by atoms with Gasteiger partial charge >= 0.3 is 0 Å². The Bertz CT molecular complexity index is 390. The summed E-state index contributed by atoms with van der Waals surface area (Å²) in [6.07, 6.45) is 4.68. The second-order valence-electron chi connectivity index (χ2n) is 5.21. The third-order valence-electron chi connectivity index (χ3n) is 3.93. The van der Waals surface area contributed by atoms with Crippen molar-refractivity contribution in [3.8, 4) is 0 Å². The Morgan fingerprint density at radius 3 is 3.00 bits per heavy atom. The van der Waals surface area contributed by atoms with Crippen molar-refractivity contribution >= 4 is 0 Å². The molecule has 1 fully saturated rings. The van der Waals surface area contributed by atoms with Gasteiger partial charge in [-0.1, -0.05) is 0 Å². The van der Waals surface area contributed by atoms with Crippen LogP contribution in [0.2, 0.25) is 0 Å². The van der Waals surface area contributed by atoms with E-state index >= 15 is 0 Å². The molecular formula is C12H20N4O. The predicted octanol–water partition coefficient (Wildman–Crippen LogP) is 0.429. The summed E-state index contributed by atoms with van der Waals surface area (Å²) in [4.78, 5) is 2.38. The van der Waals surface area contributed by atoms with Gasteiger partial charge in [0.2, 0.25) is 0 Å². The molecule has 1 aromatic rings. The fourth-order valence-electron chi connectivity index (χ4n) is 2.89. The van der Waals surface area contributed by atoms with Crippen molar-refractivity contribution in [3.05, 3.63) is 11.6 Å². The molecule has 1 saturated heterocycles. The third-order valence-corrected chi connectivity index (χ3v) is 3.93. The Morgan fingerprint density at radius 1 is 1.24 bits per heavy atom. The first-order valence-corrected chi connectivity index (χ1v) is 6.61. The maximum atomic E-state index is 9.14. The molecule has 0 aromatic carbocycles. The lowest BCUT2D eigenvalue weighted by Crippen LogP contribution is -2.24. The van der Waals surface area contributed by atoms with E-state index in [0.717, 1.165) is 50.7 Å². The van der Waals surface area contributed by atoms with Gasteiger partial charge in [-0.3, -0.25) is 4.90 Å². The van der Waals surface area contributed by atoms with Gasteiger partial charge in [-0.05, 0) is 31.7 Å². The molecule has 1 atom stereocenters. The van der Waals surface area contributed by atoms with E-state index in [9.17, 15) is 0 Å². The minimum Gasteiger partial charge on any atom is -0.396 e. The third kappa shape index (κ3) is 2.21. The second-order valence-corrected chi connectivity index (χ2v) is 5.21. The summed E-state index contributed by atoms with van der Waals surface area (Å²) in [6.45, 7) is 4.36. The van der Waals surface area contributed by atoms with E-state index in [0.29, 0.717) is 12.5 Å². The van der Waals surface area contributed by atoms with Gasteiger partial charge in [-0.15, -0.1) is 10.2 Å². The lowest BCUT2D eigenvalue weighted by molar-refractivity contribution is 0.218. The Labute approximate surface area is 101 Å². The summed E-state index contributed by atoms with van der Waals surface area (Å²) >= 11 is 0. The topological polar surface area (TPSA) is 54.2 Å². The van der Waals surface area contributed by atoms with Gasteiger partial charge < -0.3 is 9.67 Å². The van der Waals surface area contributed by atoms with Crippen molar-refractivity contribution in [1.82, 2.24) is 19.7 Å². The molecule has 5 heteroatoms. The Kier molecular flexibility index (Phi) is 3.11. The van der Waals surface area contributed by atoms with Crippen molar-refractivity contribution in [3.63, 3.8) is 0 Å². The number of aryl methyl sites for hydroxylation is 1. The number of rotatable bonds is 3. The molecular weight excluding hydrogens is 216 g/mol. The van der Waals surface area contributed by atoms with Crippen LogP contribution in [0, 0.1) is 5.92 Å². The molecule has 2 aliphatic rings. The molecule has 1 aromatic heterocycles. The zero-order valence-corrected chi connectivity index (χ0v) is 10.2. The number of hydrogen-bond donors (Lipinski definition) is 1. The molecule has 0 spiro atoms. The Hall–Kier alpha value is -0.940. The van der Waals surface area contributed by atoms with E-state index in [1.54, 1.807) is 0 Å². The highest BCUT2D eigenvalue weighted by Crippen LogP contribution is 2.20. The molecule has 2 aliphatic heterocycles. The van der Waals surface area contributed by atoms with Gasteiger partial charge in [0, 0.05) is 26.1 Å². The average Bonchev–Trinajstić information content (AvgIpc) is 2.97. The summed E-state index contributed by atoms with van der Waals surface area (Å²) in [6, 6.07) is 0. The number of hydrogen-bond acceptors (Lipinski definition) is 4. The lowest BCUT2D eigenvalue weighted by atomic mass is 10.1. The van der Waals surface area contributed by atoms with E-state index in [2.05, 4.69) is 19.7 Å². The van der Waals surface area contributed by atoms with Crippen LogP contribution in [-0.4, -0.2) is 44.5 Å². The molecule has 1 unspecified atom stereocenters. The quantitative estimate of drug-likeness (QED) is 0.827. The van der Waals surface area contributed by atoms with Gasteiger partial charge in [0.15, 0.2) is 0 Å². The molecule has 0 bridgehead atoms. The highest BCUT2D eigenvalue weighted by Gasteiger charge is 2.24. The van der Waals surface area contributed by atoms with E-state index in [4.69, 9.17) is 5.11 Å². The number of aliphatic hydroxyl groups is 1. The monoisotopic (exact) mass is 236 g/mol. The highest BCUT2D eigenvalue weighted by molar-refractivity contribution is 4.99. The van der Waals surface area contributed by atoms with Crippen LogP contribution in [0.15, 0.2) is 0 Å². The van der Waals surface area contributed by atoms with Crippen LogP contribution in [0.4, 0.5) is 0 Å². The number of aliphatic hydroxyl groups excluding tert-OH is 1. The SMILES string of the molecule is OCC1CCN(Cc2nnc3n2CCCC3)C1. The fourth-order valence-corrected chi connectivity index (χ4v) is 2.89. The normalized spacial score (nSPS) is 25.1. The summed E-state index contributed by atoms with van der Waals surface area (Å²) in [5.41, 5.74) is 0. The highest BCUT2D eigenvalue weighted by atomic mass is 16.3. The predicted molar refractivity (Wildman–Crippen MR) is 63.4 cm³/mol. The molecule has 0 saturated carbocycles. The second kappa shape index (κ2) is 4.74. The van der Waals surface area contributed by atoms with Crippen molar-refractivity contribution in [2.24, 2.45) is 5.92 Å². The molecule has 1 N–H and O–H groups in total. The molecule has 3 rings (SSSR count). The first kappa shape index (κ1) is 11.2. The zero-order valence-electron chi connectivity index (χ0n) is 10.2. The largest absolute Gasteiger partial charge is 0.396 e.